The number of allylic oxidation sites excluding steroid dienone is 1. The normalized spacial score (nSPS) is 13.2. The van der Waals surface area contributed by atoms with Crippen molar-refractivity contribution in [1.29, 1.82) is 0 Å². The van der Waals surface area contributed by atoms with E-state index in [0.717, 1.165) is 5.75 Å². The van der Waals surface area contributed by atoms with E-state index < -0.39 is 10.8 Å². The summed E-state index contributed by atoms with van der Waals surface area (Å²) in [5.74, 6) is 1.57. The molecular weight excluding hydrogens is 288 g/mol. The Morgan fingerprint density at radius 3 is 2.83 bits per heavy atom. The minimum Gasteiger partial charge on any atom is -0.466 e. The summed E-state index contributed by atoms with van der Waals surface area (Å²) >= 11 is 0. The summed E-state index contributed by atoms with van der Waals surface area (Å²) in [5.41, 5.74) is 0. The molecule has 0 fully saturated rings. The average molecular weight is 308 g/mol. The molecule has 0 aliphatic rings. The molecule has 1 unspecified atom stereocenters. The summed E-state index contributed by atoms with van der Waals surface area (Å²) in [6.07, 6.45) is 6.22. The van der Waals surface area contributed by atoms with E-state index in [1.54, 1.807) is 28.5 Å². The molecule has 0 N–H and O–H groups in total. The highest BCUT2D eigenvalue weighted by Gasteiger charge is 2.04. The van der Waals surface area contributed by atoms with Crippen molar-refractivity contribution in [3.8, 4) is 0 Å². The standard InChI is InChI=1S/C12H20O3S3/c1-3-5-8-16-17-9-6-10-18(14)11-7-12(13)15-4-2/h3,5-6,9H,4,7-8,10-11H2,1-2H3/b5-3+,9-6+. The minimum atomic E-state index is -0.977. The second kappa shape index (κ2) is 13.2. The smallest absolute Gasteiger partial charge is 0.306 e. The first-order valence-electron chi connectivity index (χ1n) is 5.75. The van der Waals surface area contributed by atoms with Crippen LogP contribution in [0.5, 0.6) is 0 Å². The molecule has 0 aromatic rings. The fraction of sp³-hybridized carbons (Fsp3) is 0.583. The van der Waals surface area contributed by atoms with Crippen molar-refractivity contribution in [1.82, 2.24) is 0 Å². The summed E-state index contributed by atoms with van der Waals surface area (Å²) in [6, 6.07) is 0. The van der Waals surface area contributed by atoms with Gasteiger partial charge in [-0.05, 0) is 19.3 Å². The van der Waals surface area contributed by atoms with Crippen LogP contribution in [-0.2, 0) is 20.3 Å². The van der Waals surface area contributed by atoms with E-state index in [0.29, 0.717) is 18.1 Å². The van der Waals surface area contributed by atoms with Crippen molar-refractivity contribution in [2.24, 2.45) is 0 Å². The number of hydrogen-bond acceptors (Lipinski definition) is 5. The number of rotatable bonds is 10. The third kappa shape index (κ3) is 12.3. The van der Waals surface area contributed by atoms with Crippen LogP contribution in [0.2, 0.25) is 0 Å². The summed E-state index contributed by atoms with van der Waals surface area (Å²) in [6.45, 7) is 4.14. The average Bonchev–Trinajstić information content (AvgIpc) is 2.35. The van der Waals surface area contributed by atoms with E-state index in [4.69, 9.17) is 4.74 Å². The van der Waals surface area contributed by atoms with Gasteiger partial charge in [0.2, 0.25) is 0 Å². The van der Waals surface area contributed by atoms with Gasteiger partial charge in [0.1, 0.15) is 0 Å². The van der Waals surface area contributed by atoms with Crippen LogP contribution < -0.4 is 0 Å². The lowest BCUT2D eigenvalue weighted by Gasteiger charge is -2.00. The minimum absolute atomic E-state index is 0.234. The predicted octanol–water partition coefficient (Wildman–Crippen LogP) is 3.16. The number of carbonyl (C=O) groups excluding carboxylic acids is 1. The van der Waals surface area contributed by atoms with Gasteiger partial charge in [0.15, 0.2) is 0 Å². The summed E-state index contributed by atoms with van der Waals surface area (Å²) < 4.78 is 16.3. The molecule has 3 nitrogen and oxygen atoms in total. The lowest BCUT2D eigenvalue weighted by molar-refractivity contribution is -0.142. The maximum Gasteiger partial charge on any atom is 0.306 e. The monoisotopic (exact) mass is 308 g/mol. The fourth-order valence-corrected chi connectivity index (χ4v) is 3.45. The lowest BCUT2D eigenvalue weighted by atomic mass is 10.5. The van der Waals surface area contributed by atoms with Crippen LogP contribution in [0.15, 0.2) is 23.6 Å². The summed E-state index contributed by atoms with van der Waals surface area (Å²) in [4.78, 5) is 11.0. The molecule has 0 radical (unpaired) electrons. The second-order valence-electron chi connectivity index (χ2n) is 3.19. The van der Waals surface area contributed by atoms with Crippen molar-refractivity contribution in [2.45, 2.75) is 20.3 Å². The zero-order valence-electron chi connectivity index (χ0n) is 10.8. The molecule has 6 heteroatoms. The Kier molecular flexibility index (Phi) is 13.1. The van der Waals surface area contributed by atoms with Crippen molar-refractivity contribution >= 4 is 38.4 Å². The third-order valence-electron chi connectivity index (χ3n) is 1.74. The van der Waals surface area contributed by atoms with E-state index >= 15 is 0 Å². The van der Waals surface area contributed by atoms with E-state index in [-0.39, 0.29) is 12.4 Å². The second-order valence-corrected chi connectivity index (χ2v) is 7.13. The van der Waals surface area contributed by atoms with Gasteiger partial charge in [0.05, 0.1) is 13.0 Å². The SMILES string of the molecule is C/C=C/CSS/C=C/CS(=O)CCC(=O)OCC. The molecular formula is C12H20O3S3. The Hall–Kier alpha value is -0.200. The molecule has 0 spiro atoms. The Labute approximate surface area is 120 Å². The Morgan fingerprint density at radius 1 is 1.39 bits per heavy atom. The number of esters is 1. The molecule has 0 heterocycles. The molecule has 0 saturated carbocycles. The third-order valence-corrected chi connectivity index (χ3v) is 4.88. The highest BCUT2D eigenvalue weighted by Crippen LogP contribution is 2.22. The van der Waals surface area contributed by atoms with Crippen molar-refractivity contribution in [2.75, 3.05) is 23.9 Å². The van der Waals surface area contributed by atoms with E-state index in [1.165, 1.54) is 0 Å². The van der Waals surface area contributed by atoms with E-state index in [9.17, 15) is 9.00 Å². The zero-order chi connectivity index (χ0) is 13.6. The topological polar surface area (TPSA) is 43.4 Å². The first kappa shape index (κ1) is 17.8. The van der Waals surface area contributed by atoms with Crippen molar-refractivity contribution in [3.05, 3.63) is 23.6 Å². The molecule has 0 aliphatic heterocycles. The fourth-order valence-electron chi connectivity index (χ4n) is 0.914. The quantitative estimate of drug-likeness (QED) is 0.268. The molecule has 0 amide bonds. The van der Waals surface area contributed by atoms with Crippen LogP contribution in [0.4, 0.5) is 0 Å². The molecule has 0 aromatic heterocycles. The van der Waals surface area contributed by atoms with Crippen molar-refractivity contribution in [3.63, 3.8) is 0 Å². The number of carbonyl (C=O) groups is 1. The molecule has 1 atom stereocenters. The molecule has 0 aliphatic carbocycles. The van der Waals surface area contributed by atoms with Gasteiger partial charge >= 0.3 is 5.97 Å². The van der Waals surface area contributed by atoms with Crippen LogP contribution in [-0.4, -0.2) is 34.0 Å². The summed E-state index contributed by atoms with van der Waals surface area (Å²) in [5, 5.41) is 1.94. The van der Waals surface area contributed by atoms with E-state index in [2.05, 4.69) is 6.08 Å². The van der Waals surface area contributed by atoms with Gasteiger partial charge in [-0.2, -0.15) is 0 Å². The predicted molar refractivity (Wildman–Crippen MR) is 83.1 cm³/mol. The Bertz CT molecular complexity index is 301. The highest BCUT2D eigenvalue weighted by atomic mass is 33.1. The molecule has 0 aromatic carbocycles. The van der Waals surface area contributed by atoms with Crippen LogP contribution >= 0.6 is 21.6 Å². The summed E-state index contributed by atoms with van der Waals surface area (Å²) in [7, 11) is 2.37. The molecule has 0 rings (SSSR count). The lowest BCUT2D eigenvalue weighted by Crippen LogP contribution is -2.10. The van der Waals surface area contributed by atoms with Gasteiger partial charge in [-0.3, -0.25) is 9.00 Å². The first-order valence-corrected chi connectivity index (χ1v) is 9.62. The number of hydrogen-bond donors (Lipinski definition) is 0. The van der Waals surface area contributed by atoms with E-state index in [1.807, 2.05) is 24.5 Å². The number of ether oxygens (including phenoxy) is 1. The van der Waals surface area contributed by atoms with Crippen LogP contribution in [0.25, 0.3) is 0 Å². The molecule has 0 saturated heterocycles. The Morgan fingerprint density at radius 2 is 2.17 bits per heavy atom. The maximum absolute atomic E-state index is 11.5. The van der Waals surface area contributed by atoms with Gasteiger partial charge in [0, 0.05) is 28.1 Å². The molecule has 18 heavy (non-hydrogen) atoms. The van der Waals surface area contributed by atoms with Gasteiger partial charge in [-0.15, -0.1) is 0 Å². The Balaban J connectivity index is 3.52. The van der Waals surface area contributed by atoms with Gasteiger partial charge < -0.3 is 4.74 Å². The maximum atomic E-state index is 11.5. The molecule has 0 bridgehead atoms. The van der Waals surface area contributed by atoms with Crippen LogP contribution in [0.1, 0.15) is 20.3 Å². The highest BCUT2D eigenvalue weighted by molar-refractivity contribution is 8.77. The zero-order valence-corrected chi connectivity index (χ0v) is 13.2. The van der Waals surface area contributed by atoms with Gasteiger partial charge in [0.25, 0.3) is 0 Å². The molecule has 104 valence electrons. The first-order chi connectivity index (χ1) is 8.70. The largest absolute Gasteiger partial charge is 0.466 e. The van der Waals surface area contributed by atoms with Crippen molar-refractivity contribution < 1.29 is 13.7 Å². The van der Waals surface area contributed by atoms with Gasteiger partial charge in [-0.1, -0.05) is 39.8 Å². The van der Waals surface area contributed by atoms with Crippen LogP contribution in [0.3, 0.4) is 0 Å². The van der Waals surface area contributed by atoms with Crippen LogP contribution in [0, 0.1) is 0 Å². The van der Waals surface area contributed by atoms with Gasteiger partial charge in [-0.25, -0.2) is 0 Å².